The molecule has 1 aliphatic rings. The molecule has 2 aromatic rings. The number of hydrogen-bond acceptors (Lipinski definition) is 6. The van der Waals surface area contributed by atoms with Crippen LogP contribution in [0.15, 0.2) is 34.5 Å². The van der Waals surface area contributed by atoms with Crippen molar-refractivity contribution >= 4 is 33.5 Å². The maximum atomic E-state index is 13.1. The number of amides is 3. The SMILES string of the molecule is CCCCOC(=O)NS(=O)(=O)c1sc(CC(C)C)cc1-c1ccc(CN2CCN(C)C2=O)cc1. The van der Waals surface area contributed by atoms with Crippen molar-refractivity contribution in [2.75, 3.05) is 26.7 Å². The van der Waals surface area contributed by atoms with Crippen LogP contribution in [0.2, 0.25) is 0 Å². The number of thiophene rings is 1. The molecule has 0 unspecified atom stereocenters. The van der Waals surface area contributed by atoms with E-state index in [4.69, 9.17) is 4.74 Å². The van der Waals surface area contributed by atoms with Gasteiger partial charge in [-0.2, -0.15) is 0 Å². The van der Waals surface area contributed by atoms with E-state index in [1.807, 2.05) is 42.0 Å². The summed E-state index contributed by atoms with van der Waals surface area (Å²) in [7, 11) is -2.31. The molecule has 1 aliphatic heterocycles. The maximum Gasteiger partial charge on any atom is 0.421 e. The number of ether oxygens (including phenoxy) is 1. The number of nitrogens with zero attached hydrogens (tertiary/aromatic N) is 2. The van der Waals surface area contributed by atoms with Gasteiger partial charge in [0, 0.05) is 37.1 Å². The van der Waals surface area contributed by atoms with E-state index >= 15 is 0 Å². The third-order valence-corrected chi connectivity index (χ3v) is 8.50. The Bertz CT molecular complexity index is 1110. The summed E-state index contributed by atoms with van der Waals surface area (Å²) in [6, 6.07) is 9.42. The predicted octanol–water partition coefficient (Wildman–Crippen LogP) is 4.70. The summed E-state index contributed by atoms with van der Waals surface area (Å²) in [6.07, 6.45) is 1.28. The van der Waals surface area contributed by atoms with Crippen LogP contribution in [0.25, 0.3) is 11.1 Å². The first-order valence-corrected chi connectivity index (χ1v) is 13.8. The average Bonchev–Trinajstić information content (AvgIpc) is 3.33. The number of rotatable bonds is 10. The van der Waals surface area contributed by atoms with Gasteiger partial charge in [-0.15, -0.1) is 11.3 Å². The van der Waals surface area contributed by atoms with E-state index in [1.165, 1.54) is 11.3 Å². The van der Waals surface area contributed by atoms with Crippen molar-refractivity contribution in [2.24, 2.45) is 5.92 Å². The van der Waals surface area contributed by atoms with Gasteiger partial charge in [-0.25, -0.2) is 22.7 Å². The van der Waals surface area contributed by atoms with E-state index < -0.39 is 16.1 Å². The molecule has 10 heteroatoms. The molecule has 0 saturated carbocycles. The molecule has 3 amide bonds. The van der Waals surface area contributed by atoms with Crippen LogP contribution in [0.3, 0.4) is 0 Å². The van der Waals surface area contributed by atoms with Crippen molar-refractivity contribution in [3.63, 3.8) is 0 Å². The number of unbranched alkanes of at least 4 members (excludes halogenated alkanes) is 1. The maximum absolute atomic E-state index is 13.1. The van der Waals surface area contributed by atoms with Gasteiger partial charge in [-0.3, -0.25) is 0 Å². The average molecular weight is 508 g/mol. The summed E-state index contributed by atoms with van der Waals surface area (Å²) in [4.78, 5) is 28.6. The van der Waals surface area contributed by atoms with Crippen LogP contribution in [-0.4, -0.2) is 57.1 Å². The second-order valence-corrected chi connectivity index (χ2v) is 11.9. The zero-order chi connectivity index (χ0) is 24.9. The molecule has 0 aliphatic carbocycles. The lowest BCUT2D eigenvalue weighted by Crippen LogP contribution is -2.31. The fourth-order valence-electron chi connectivity index (χ4n) is 3.68. The smallest absolute Gasteiger partial charge is 0.421 e. The first-order valence-electron chi connectivity index (χ1n) is 11.5. The molecular formula is C24H33N3O5S2. The molecule has 1 saturated heterocycles. The quantitative estimate of drug-likeness (QED) is 0.471. The first-order chi connectivity index (χ1) is 16.1. The Hall–Kier alpha value is -2.59. The fourth-order valence-corrected chi connectivity index (χ4v) is 6.52. The Labute approximate surface area is 205 Å². The van der Waals surface area contributed by atoms with Gasteiger partial charge in [0.05, 0.1) is 6.61 Å². The lowest BCUT2D eigenvalue weighted by molar-refractivity contribution is 0.151. The molecule has 34 heavy (non-hydrogen) atoms. The standard InChI is InChI=1S/C24H33N3O5S2/c1-5-6-13-32-23(28)25-34(30,31)22-21(15-20(33-22)14-17(2)3)19-9-7-18(8-10-19)16-27-12-11-26(4)24(27)29/h7-10,15,17H,5-6,11-14,16H2,1-4H3,(H,25,28). The number of nitrogens with one attached hydrogen (secondary N) is 1. The van der Waals surface area contributed by atoms with Crippen LogP contribution in [-0.2, 0) is 27.7 Å². The number of urea groups is 1. The van der Waals surface area contributed by atoms with E-state index in [9.17, 15) is 18.0 Å². The molecule has 8 nitrogen and oxygen atoms in total. The molecule has 0 bridgehead atoms. The lowest BCUT2D eigenvalue weighted by Gasteiger charge is -2.16. The fraction of sp³-hybridized carbons (Fsp3) is 0.500. The van der Waals surface area contributed by atoms with Crippen LogP contribution in [0, 0.1) is 5.92 Å². The summed E-state index contributed by atoms with van der Waals surface area (Å²) in [5.41, 5.74) is 2.25. The van der Waals surface area contributed by atoms with Crippen LogP contribution in [0.5, 0.6) is 0 Å². The summed E-state index contributed by atoms with van der Waals surface area (Å²) in [6.45, 7) is 8.17. The van der Waals surface area contributed by atoms with Gasteiger partial charge in [0.1, 0.15) is 4.21 Å². The highest BCUT2D eigenvalue weighted by atomic mass is 32.2. The van der Waals surface area contributed by atoms with Crippen LogP contribution >= 0.6 is 11.3 Å². The molecular weight excluding hydrogens is 474 g/mol. The monoisotopic (exact) mass is 507 g/mol. The third kappa shape index (κ3) is 6.50. The normalized spacial score (nSPS) is 14.2. The van der Waals surface area contributed by atoms with Crippen molar-refractivity contribution in [3.8, 4) is 11.1 Å². The second-order valence-electron chi connectivity index (χ2n) is 8.93. The largest absolute Gasteiger partial charge is 0.449 e. The van der Waals surface area contributed by atoms with Gasteiger partial charge >= 0.3 is 12.1 Å². The van der Waals surface area contributed by atoms with E-state index in [2.05, 4.69) is 13.8 Å². The first kappa shape index (κ1) is 26.0. The van der Waals surface area contributed by atoms with Gasteiger partial charge in [-0.05, 0) is 36.0 Å². The number of sulfonamides is 1. The Kier molecular flexibility index (Phi) is 8.59. The van der Waals surface area contributed by atoms with Crippen molar-refractivity contribution in [1.29, 1.82) is 0 Å². The van der Waals surface area contributed by atoms with Crippen LogP contribution < -0.4 is 4.72 Å². The number of benzene rings is 1. The topological polar surface area (TPSA) is 96.0 Å². The Morgan fingerprint density at radius 1 is 1.21 bits per heavy atom. The molecule has 3 rings (SSSR count). The zero-order valence-corrected chi connectivity index (χ0v) is 21.8. The molecule has 0 radical (unpaired) electrons. The van der Waals surface area contributed by atoms with Crippen LogP contribution in [0.1, 0.15) is 44.1 Å². The Morgan fingerprint density at radius 2 is 1.91 bits per heavy atom. The Morgan fingerprint density at radius 3 is 2.50 bits per heavy atom. The molecule has 1 fully saturated rings. The highest BCUT2D eigenvalue weighted by molar-refractivity contribution is 7.92. The van der Waals surface area contributed by atoms with Gasteiger partial charge in [0.25, 0.3) is 10.0 Å². The molecule has 0 spiro atoms. The molecule has 1 N–H and O–H groups in total. The second kappa shape index (κ2) is 11.2. The minimum Gasteiger partial charge on any atom is -0.449 e. The minimum absolute atomic E-state index is 0.00511. The van der Waals surface area contributed by atoms with Crippen LogP contribution in [0.4, 0.5) is 9.59 Å². The predicted molar refractivity (Wildman–Crippen MR) is 133 cm³/mol. The summed E-state index contributed by atoms with van der Waals surface area (Å²) in [5, 5.41) is 0. The third-order valence-electron chi connectivity index (χ3n) is 5.49. The number of carbonyl (C=O) groups excluding carboxylic acids is 2. The van der Waals surface area contributed by atoms with Gasteiger partial charge < -0.3 is 14.5 Å². The van der Waals surface area contributed by atoms with Gasteiger partial charge in [0.2, 0.25) is 0 Å². The molecule has 1 aromatic carbocycles. The van der Waals surface area contributed by atoms with E-state index in [-0.39, 0.29) is 16.8 Å². The molecule has 1 aromatic heterocycles. The Balaban J connectivity index is 1.84. The number of hydrogen-bond donors (Lipinski definition) is 1. The van der Waals surface area contributed by atoms with Crippen molar-refractivity contribution in [3.05, 3.63) is 40.8 Å². The minimum atomic E-state index is -4.10. The van der Waals surface area contributed by atoms with Gasteiger partial charge in [0.15, 0.2) is 0 Å². The van der Waals surface area contributed by atoms with Crippen molar-refractivity contribution in [1.82, 2.24) is 14.5 Å². The summed E-state index contributed by atoms with van der Waals surface area (Å²) >= 11 is 1.17. The van der Waals surface area contributed by atoms with Gasteiger partial charge in [-0.1, -0.05) is 51.5 Å². The molecule has 0 atom stereocenters. The number of carbonyl (C=O) groups is 2. The molecule has 186 valence electrons. The highest BCUT2D eigenvalue weighted by Crippen LogP contribution is 2.36. The summed E-state index contributed by atoms with van der Waals surface area (Å²) < 4.78 is 33.3. The zero-order valence-electron chi connectivity index (χ0n) is 20.2. The lowest BCUT2D eigenvalue weighted by atomic mass is 10.0. The summed E-state index contributed by atoms with van der Waals surface area (Å²) in [5.74, 6) is 0.354. The number of likely N-dealkylation sites (N-methyl/N-ethyl adjacent to an activating group) is 1. The van der Waals surface area contributed by atoms with E-state index in [0.717, 1.165) is 28.8 Å². The molecule has 2 heterocycles. The van der Waals surface area contributed by atoms with E-state index in [1.54, 1.807) is 16.8 Å². The highest BCUT2D eigenvalue weighted by Gasteiger charge is 2.27. The van der Waals surface area contributed by atoms with Crippen molar-refractivity contribution in [2.45, 2.75) is 50.8 Å². The van der Waals surface area contributed by atoms with Crippen molar-refractivity contribution < 1.29 is 22.7 Å². The van der Waals surface area contributed by atoms with E-state index in [0.29, 0.717) is 37.5 Å².